The molecule has 0 saturated carbocycles. The molecule has 32 heavy (non-hydrogen) atoms. The van der Waals surface area contributed by atoms with Gasteiger partial charge < -0.3 is 9.30 Å². The molecule has 0 amide bonds. The molecule has 0 atom stereocenters. The van der Waals surface area contributed by atoms with E-state index in [1.54, 1.807) is 19.2 Å². The predicted octanol–water partition coefficient (Wildman–Crippen LogP) is 5.47. The summed E-state index contributed by atoms with van der Waals surface area (Å²) in [6, 6.07) is 19.0. The van der Waals surface area contributed by atoms with Crippen molar-refractivity contribution in [3.63, 3.8) is 0 Å². The van der Waals surface area contributed by atoms with Gasteiger partial charge in [-0.2, -0.15) is 18.4 Å². The molecule has 4 nitrogen and oxygen atoms in total. The highest BCUT2D eigenvalue weighted by molar-refractivity contribution is 5.32. The van der Waals surface area contributed by atoms with E-state index in [-0.39, 0.29) is 0 Å². The van der Waals surface area contributed by atoms with Gasteiger partial charge in [0, 0.05) is 51.8 Å². The fraction of sp³-hybridized carbons (Fsp3) is 0.320. The van der Waals surface area contributed by atoms with Crippen molar-refractivity contribution in [3.8, 4) is 6.07 Å². The van der Waals surface area contributed by atoms with E-state index in [1.807, 2.05) is 41.1 Å². The molecule has 0 aliphatic heterocycles. The standard InChI is InChI=1S/C25H26F3N3O/c1-32-13-5-11-30(17-21-7-2-6-20(14-21)16-29)19-24-10-4-12-31(24)18-22-8-3-9-23(15-22)25(26,27)28/h2-4,6-10,12,14-15H,5,11,13,17-19H2,1H3. The number of aromatic nitrogens is 1. The molecule has 0 radical (unpaired) electrons. The molecule has 7 heteroatoms. The maximum atomic E-state index is 13.1. The Morgan fingerprint density at radius 1 is 1.00 bits per heavy atom. The van der Waals surface area contributed by atoms with Crippen molar-refractivity contribution < 1.29 is 17.9 Å². The SMILES string of the molecule is COCCCN(Cc1cccc(C#N)c1)Cc1cccn1Cc1cccc(C(F)(F)F)c1. The van der Waals surface area contributed by atoms with Crippen LogP contribution >= 0.6 is 0 Å². The van der Waals surface area contributed by atoms with E-state index in [0.29, 0.717) is 37.4 Å². The van der Waals surface area contributed by atoms with E-state index in [4.69, 9.17) is 10.00 Å². The van der Waals surface area contributed by atoms with Crippen LogP contribution in [0.4, 0.5) is 13.2 Å². The Labute approximate surface area is 186 Å². The summed E-state index contributed by atoms with van der Waals surface area (Å²) < 4.78 is 46.4. The van der Waals surface area contributed by atoms with Gasteiger partial charge in [0.1, 0.15) is 0 Å². The van der Waals surface area contributed by atoms with Crippen molar-refractivity contribution in [1.82, 2.24) is 9.47 Å². The van der Waals surface area contributed by atoms with Crippen LogP contribution in [0.1, 0.15) is 34.4 Å². The molecule has 0 fully saturated rings. The van der Waals surface area contributed by atoms with Gasteiger partial charge in [-0.15, -0.1) is 0 Å². The van der Waals surface area contributed by atoms with E-state index in [1.165, 1.54) is 12.1 Å². The molecular weight excluding hydrogens is 415 g/mol. The molecular formula is C25H26F3N3O. The minimum atomic E-state index is -4.36. The Balaban J connectivity index is 1.76. The molecule has 0 aliphatic rings. The highest BCUT2D eigenvalue weighted by Crippen LogP contribution is 2.29. The first kappa shape index (κ1) is 23.6. The van der Waals surface area contributed by atoms with Crippen LogP contribution in [-0.2, 0) is 30.5 Å². The Morgan fingerprint density at radius 2 is 1.78 bits per heavy atom. The summed E-state index contributed by atoms with van der Waals surface area (Å²) in [5.74, 6) is 0. The van der Waals surface area contributed by atoms with Crippen LogP contribution in [0.2, 0.25) is 0 Å². The topological polar surface area (TPSA) is 41.2 Å². The zero-order chi connectivity index (χ0) is 23.0. The molecule has 3 aromatic rings. The lowest BCUT2D eigenvalue weighted by molar-refractivity contribution is -0.137. The lowest BCUT2D eigenvalue weighted by Gasteiger charge is -2.23. The molecule has 1 aromatic heterocycles. The quantitative estimate of drug-likeness (QED) is 0.392. The number of hydrogen-bond acceptors (Lipinski definition) is 3. The third kappa shape index (κ3) is 6.71. The van der Waals surface area contributed by atoms with E-state index >= 15 is 0 Å². The Bertz CT molecular complexity index is 1050. The van der Waals surface area contributed by atoms with Crippen LogP contribution in [0.3, 0.4) is 0 Å². The molecule has 0 bridgehead atoms. The maximum Gasteiger partial charge on any atom is 0.416 e. The number of methoxy groups -OCH3 is 1. The second-order valence-corrected chi connectivity index (χ2v) is 7.69. The molecule has 2 aromatic carbocycles. The summed E-state index contributed by atoms with van der Waals surface area (Å²) in [4.78, 5) is 2.26. The van der Waals surface area contributed by atoms with E-state index in [9.17, 15) is 13.2 Å². The number of nitrogens with zero attached hydrogens (tertiary/aromatic N) is 3. The van der Waals surface area contributed by atoms with Crippen molar-refractivity contribution in [2.75, 3.05) is 20.3 Å². The van der Waals surface area contributed by atoms with E-state index in [2.05, 4.69) is 11.0 Å². The monoisotopic (exact) mass is 441 g/mol. The molecule has 0 spiro atoms. The lowest BCUT2D eigenvalue weighted by Crippen LogP contribution is -2.26. The van der Waals surface area contributed by atoms with Gasteiger partial charge in [-0.05, 0) is 53.9 Å². The third-order valence-corrected chi connectivity index (χ3v) is 5.20. The summed E-state index contributed by atoms with van der Waals surface area (Å²) in [7, 11) is 1.67. The van der Waals surface area contributed by atoms with Crippen LogP contribution in [-0.4, -0.2) is 29.7 Å². The summed E-state index contributed by atoms with van der Waals surface area (Å²) in [6.07, 6.45) is -1.62. The van der Waals surface area contributed by atoms with Gasteiger partial charge in [0.05, 0.1) is 17.2 Å². The van der Waals surface area contributed by atoms with Gasteiger partial charge in [0.2, 0.25) is 0 Å². The highest BCUT2D eigenvalue weighted by atomic mass is 19.4. The number of halogens is 3. The first-order valence-electron chi connectivity index (χ1n) is 10.4. The fourth-order valence-electron chi connectivity index (χ4n) is 3.66. The number of ether oxygens (including phenoxy) is 1. The van der Waals surface area contributed by atoms with Crippen LogP contribution in [0.5, 0.6) is 0 Å². The number of alkyl halides is 3. The van der Waals surface area contributed by atoms with E-state index in [0.717, 1.165) is 30.3 Å². The molecule has 0 unspecified atom stereocenters. The Kier molecular flexibility index (Phi) is 8.09. The van der Waals surface area contributed by atoms with Gasteiger partial charge in [0.25, 0.3) is 0 Å². The van der Waals surface area contributed by atoms with Crippen LogP contribution < -0.4 is 0 Å². The van der Waals surface area contributed by atoms with Gasteiger partial charge >= 0.3 is 6.18 Å². The fourth-order valence-corrected chi connectivity index (χ4v) is 3.66. The molecule has 0 aliphatic carbocycles. The number of benzene rings is 2. The first-order valence-corrected chi connectivity index (χ1v) is 10.4. The molecule has 168 valence electrons. The number of rotatable bonds is 10. The van der Waals surface area contributed by atoms with Gasteiger partial charge in [0.15, 0.2) is 0 Å². The van der Waals surface area contributed by atoms with Crippen LogP contribution in [0.25, 0.3) is 0 Å². The van der Waals surface area contributed by atoms with Gasteiger partial charge in [-0.1, -0.05) is 24.3 Å². The average molecular weight is 441 g/mol. The Hall–Kier alpha value is -3.08. The average Bonchev–Trinajstić information content (AvgIpc) is 3.20. The van der Waals surface area contributed by atoms with Crippen LogP contribution in [0.15, 0.2) is 66.9 Å². The highest BCUT2D eigenvalue weighted by Gasteiger charge is 2.30. The predicted molar refractivity (Wildman–Crippen MR) is 117 cm³/mol. The minimum Gasteiger partial charge on any atom is -0.385 e. The summed E-state index contributed by atoms with van der Waals surface area (Å²) in [5.41, 5.74) is 2.63. The maximum absolute atomic E-state index is 13.1. The van der Waals surface area contributed by atoms with Crippen molar-refractivity contribution in [2.45, 2.75) is 32.2 Å². The smallest absolute Gasteiger partial charge is 0.385 e. The molecule has 0 saturated heterocycles. The van der Waals surface area contributed by atoms with E-state index < -0.39 is 11.7 Å². The molecule has 3 rings (SSSR count). The van der Waals surface area contributed by atoms with Gasteiger partial charge in [-0.3, -0.25) is 4.90 Å². The molecule has 0 N–H and O–H groups in total. The molecule has 1 heterocycles. The zero-order valence-electron chi connectivity index (χ0n) is 18.0. The van der Waals surface area contributed by atoms with Crippen molar-refractivity contribution >= 4 is 0 Å². The lowest BCUT2D eigenvalue weighted by atomic mass is 10.1. The second kappa shape index (κ2) is 11.0. The van der Waals surface area contributed by atoms with Crippen LogP contribution in [0, 0.1) is 11.3 Å². The largest absolute Gasteiger partial charge is 0.416 e. The first-order chi connectivity index (χ1) is 15.4. The van der Waals surface area contributed by atoms with Crippen molar-refractivity contribution in [2.24, 2.45) is 0 Å². The number of nitriles is 1. The summed E-state index contributed by atoms with van der Waals surface area (Å²) in [6.45, 7) is 3.09. The number of hydrogen-bond donors (Lipinski definition) is 0. The second-order valence-electron chi connectivity index (χ2n) is 7.69. The Morgan fingerprint density at radius 3 is 2.53 bits per heavy atom. The minimum absolute atomic E-state index is 0.363. The van der Waals surface area contributed by atoms with Crippen molar-refractivity contribution in [1.29, 1.82) is 5.26 Å². The zero-order valence-corrected chi connectivity index (χ0v) is 18.0. The third-order valence-electron chi connectivity index (χ3n) is 5.20. The van der Waals surface area contributed by atoms with Crippen molar-refractivity contribution in [3.05, 3.63) is 94.8 Å². The normalized spacial score (nSPS) is 11.6. The summed E-state index contributed by atoms with van der Waals surface area (Å²) >= 11 is 0. The van der Waals surface area contributed by atoms with Gasteiger partial charge in [-0.25, -0.2) is 0 Å². The summed E-state index contributed by atoms with van der Waals surface area (Å²) in [5, 5.41) is 9.17.